The van der Waals surface area contributed by atoms with Crippen LogP contribution in [0.2, 0.25) is 0 Å². The van der Waals surface area contributed by atoms with Gasteiger partial charge in [-0.05, 0) is 49.1 Å². The van der Waals surface area contributed by atoms with Gasteiger partial charge >= 0.3 is 0 Å². The molecule has 1 aliphatic heterocycles. The molecule has 1 atom stereocenters. The molecule has 0 aromatic heterocycles. The number of anilines is 1. The SMILES string of the molecule is CCc1cccc(NC(=O)C2CCCN2S(=O)(=O)c2ccccc2F)c1. The molecular formula is C19H21FN2O3S. The van der Waals surface area contributed by atoms with Gasteiger partial charge in [-0.1, -0.05) is 31.2 Å². The number of sulfonamides is 1. The number of amides is 1. The van der Waals surface area contributed by atoms with Gasteiger partial charge in [-0.3, -0.25) is 4.79 Å². The van der Waals surface area contributed by atoms with Crippen LogP contribution < -0.4 is 5.32 Å². The second-order valence-corrected chi connectivity index (χ2v) is 8.11. The third kappa shape index (κ3) is 3.64. The van der Waals surface area contributed by atoms with Crippen molar-refractivity contribution in [3.05, 3.63) is 59.9 Å². The lowest BCUT2D eigenvalue weighted by molar-refractivity contribution is -0.119. The van der Waals surface area contributed by atoms with Gasteiger partial charge in [0.05, 0.1) is 0 Å². The Bertz CT molecular complexity index is 915. The molecule has 1 aliphatic rings. The summed E-state index contributed by atoms with van der Waals surface area (Å²) in [5.41, 5.74) is 1.70. The molecule has 1 fully saturated rings. The average Bonchev–Trinajstić information content (AvgIpc) is 3.13. The minimum atomic E-state index is -4.07. The van der Waals surface area contributed by atoms with Crippen molar-refractivity contribution < 1.29 is 17.6 Å². The Kier molecular flexibility index (Phi) is 5.38. The fourth-order valence-electron chi connectivity index (χ4n) is 3.16. The number of carbonyl (C=O) groups is 1. The van der Waals surface area contributed by atoms with Gasteiger partial charge in [0.1, 0.15) is 16.8 Å². The summed E-state index contributed by atoms with van der Waals surface area (Å²) in [6.45, 7) is 2.21. The molecular weight excluding hydrogens is 355 g/mol. The van der Waals surface area contributed by atoms with Gasteiger partial charge in [-0.15, -0.1) is 0 Å². The van der Waals surface area contributed by atoms with Gasteiger partial charge in [0.15, 0.2) is 0 Å². The van der Waals surface area contributed by atoms with E-state index in [2.05, 4.69) is 5.32 Å². The van der Waals surface area contributed by atoms with Crippen molar-refractivity contribution in [2.45, 2.75) is 37.1 Å². The largest absolute Gasteiger partial charge is 0.325 e. The maximum atomic E-state index is 14.0. The van der Waals surface area contributed by atoms with Gasteiger partial charge in [0, 0.05) is 12.2 Å². The molecule has 26 heavy (non-hydrogen) atoms. The number of rotatable bonds is 5. The molecule has 0 saturated carbocycles. The van der Waals surface area contributed by atoms with E-state index in [1.54, 1.807) is 6.07 Å². The van der Waals surface area contributed by atoms with Crippen LogP contribution in [-0.4, -0.2) is 31.2 Å². The highest BCUT2D eigenvalue weighted by Gasteiger charge is 2.40. The maximum Gasteiger partial charge on any atom is 0.246 e. The van der Waals surface area contributed by atoms with E-state index >= 15 is 0 Å². The van der Waals surface area contributed by atoms with Crippen molar-refractivity contribution in [2.75, 3.05) is 11.9 Å². The third-order valence-corrected chi connectivity index (χ3v) is 6.47. The van der Waals surface area contributed by atoms with Crippen LogP contribution in [0.1, 0.15) is 25.3 Å². The van der Waals surface area contributed by atoms with Crippen molar-refractivity contribution in [1.82, 2.24) is 4.31 Å². The van der Waals surface area contributed by atoms with Crippen LogP contribution in [0.4, 0.5) is 10.1 Å². The molecule has 1 amide bonds. The highest BCUT2D eigenvalue weighted by atomic mass is 32.2. The van der Waals surface area contributed by atoms with Gasteiger partial charge in [-0.2, -0.15) is 4.31 Å². The lowest BCUT2D eigenvalue weighted by Gasteiger charge is -2.23. The summed E-state index contributed by atoms with van der Waals surface area (Å²) < 4.78 is 40.8. The summed E-state index contributed by atoms with van der Waals surface area (Å²) in [7, 11) is -4.07. The van der Waals surface area contributed by atoms with E-state index in [1.165, 1.54) is 18.2 Å². The van der Waals surface area contributed by atoms with Gasteiger partial charge in [0.25, 0.3) is 0 Å². The average molecular weight is 376 g/mol. The number of benzene rings is 2. The normalized spacial score (nSPS) is 18.0. The zero-order chi connectivity index (χ0) is 18.7. The maximum absolute atomic E-state index is 14.0. The molecule has 0 radical (unpaired) electrons. The Labute approximate surface area is 152 Å². The summed E-state index contributed by atoms with van der Waals surface area (Å²) in [4.78, 5) is 12.3. The number of halogens is 1. The lowest BCUT2D eigenvalue weighted by atomic mass is 10.1. The summed E-state index contributed by atoms with van der Waals surface area (Å²) in [5, 5.41) is 2.79. The van der Waals surface area contributed by atoms with Gasteiger partial charge in [0.2, 0.25) is 15.9 Å². The molecule has 1 heterocycles. The molecule has 1 N–H and O–H groups in total. The van der Waals surface area contributed by atoms with Crippen molar-refractivity contribution in [3.63, 3.8) is 0 Å². The molecule has 2 aromatic rings. The fraction of sp³-hybridized carbons (Fsp3) is 0.316. The standard InChI is InChI=1S/C19H21FN2O3S/c1-2-14-7-5-8-15(13-14)21-19(23)17-10-6-12-22(17)26(24,25)18-11-4-3-9-16(18)20/h3-5,7-9,11,13,17H,2,6,10,12H2,1H3,(H,21,23). The fourth-order valence-corrected chi connectivity index (χ4v) is 4.89. The van der Waals surface area contributed by atoms with E-state index in [0.29, 0.717) is 18.5 Å². The lowest BCUT2D eigenvalue weighted by Crippen LogP contribution is -2.43. The zero-order valence-corrected chi connectivity index (χ0v) is 15.3. The van der Waals surface area contributed by atoms with E-state index in [9.17, 15) is 17.6 Å². The molecule has 138 valence electrons. The second kappa shape index (κ2) is 7.55. The smallest absolute Gasteiger partial charge is 0.246 e. The molecule has 3 rings (SSSR count). The number of aryl methyl sites for hydroxylation is 1. The quantitative estimate of drug-likeness (QED) is 0.872. The Hall–Kier alpha value is -2.25. The third-order valence-electron chi connectivity index (χ3n) is 4.53. The summed E-state index contributed by atoms with van der Waals surface area (Å²) >= 11 is 0. The summed E-state index contributed by atoms with van der Waals surface area (Å²) in [6, 6.07) is 11.8. The van der Waals surface area contributed by atoms with Gasteiger partial charge in [-0.25, -0.2) is 12.8 Å². The predicted octanol–water partition coefficient (Wildman–Crippen LogP) is 3.18. The zero-order valence-electron chi connectivity index (χ0n) is 14.5. The molecule has 5 nitrogen and oxygen atoms in total. The van der Waals surface area contributed by atoms with Crippen LogP contribution in [0.3, 0.4) is 0 Å². The van der Waals surface area contributed by atoms with E-state index in [-0.39, 0.29) is 6.54 Å². The molecule has 0 spiro atoms. The number of hydrogen-bond donors (Lipinski definition) is 1. The predicted molar refractivity (Wildman–Crippen MR) is 97.8 cm³/mol. The number of carbonyl (C=O) groups excluding carboxylic acids is 1. The first-order valence-corrected chi connectivity index (χ1v) is 10.0. The number of hydrogen-bond acceptors (Lipinski definition) is 3. The Morgan fingerprint density at radius 1 is 1.23 bits per heavy atom. The first-order valence-electron chi connectivity index (χ1n) is 8.59. The monoisotopic (exact) mass is 376 g/mol. The number of nitrogens with one attached hydrogen (secondary N) is 1. The van der Waals surface area contributed by atoms with E-state index < -0.39 is 32.7 Å². The van der Waals surface area contributed by atoms with Crippen molar-refractivity contribution in [2.24, 2.45) is 0 Å². The van der Waals surface area contributed by atoms with Crippen LogP contribution in [0.15, 0.2) is 53.4 Å². The molecule has 0 aliphatic carbocycles. The van der Waals surface area contributed by atoms with Crippen LogP contribution in [0, 0.1) is 5.82 Å². The van der Waals surface area contributed by atoms with Crippen molar-refractivity contribution in [1.29, 1.82) is 0 Å². The minimum absolute atomic E-state index is 0.198. The molecule has 7 heteroatoms. The van der Waals surface area contributed by atoms with Crippen molar-refractivity contribution >= 4 is 21.6 Å². The first-order chi connectivity index (χ1) is 12.4. The molecule has 1 saturated heterocycles. The summed E-state index contributed by atoms with van der Waals surface area (Å²) in [5.74, 6) is -1.20. The summed E-state index contributed by atoms with van der Waals surface area (Å²) in [6.07, 6.45) is 1.80. The first kappa shape index (κ1) is 18.5. The second-order valence-electron chi connectivity index (χ2n) is 6.25. The topological polar surface area (TPSA) is 66.5 Å². The van der Waals surface area contributed by atoms with Crippen LogP contribution >= 0.6 is 0 Å². The molecule has 2 aromatic carbocycles. The minimum Gasteiger partial charge on any atom is -0.325 e. The highest BCUT2D eigenvalue weighted by molar-refractivity contribution is 7.89. The van der Waals surface area contributed by atoms with E-state index in [0.717, 1.165) is 22.4 Å². The van der Waals surface area contributed by atoms with Crippen LogP contribution in [0.25, 0.3) is 0 Å². The molecule has 0 bridgehead atoms. The van der Waals surface area contributed by atoms with E-state index in [4.69, 9.17) is 0 Å². The Morgan fingerprint density at radius 2 is 2.00 bits per heavy atom. The van der Waals surface area contributed by atoms with Gasteiger partial charge < -0.3 is 5.32 Å². The van der Waals surface area contributed by atoms with Crippen molar-refractivity contribution in [3.8, 4) is 0 Å². The highest BCUT2D eigenvalue weighted by Crippen LogP contribution is 2.28. The Balaban J connectivity index is 1.83. The molecule has 1 unspecified atom stereocenters. The number of nitrogens with zero attached hydrogens (tertiary/aromatic N) is 1. The Morgan fingerprint density at radius 3 is 2.73 bits per heavy atom. The van der Waals surface area contributed by atoms with E-state index in [1.807, 2.05) is 25.1 Å². The van der Waals surface area contributed by atoms with Crippen LogP contribution in [0.5, 0.6) is 0 Å². The van der Waals surface area contributed by atoms with Crippen LogP contribution in [-0.2, 0) is 21.2 Å².